The van der Waals surface area contributed by atoms with Crippen LogP contribution in [0.4, 0.5) is 0 Å². The molecule has 1 aromatic carbocycles. The van der Waals surface area contributed by atoms with Crippen LogP contribution < -0.4 is 0 Å². The monoisotopic (exact) mass is 206 g/mol. The first-order valence-corrected chi connectivity index (χ1v) is 5.14. The number of benzene rings is 1. The number of piperidine rings is 1. The number of likely N-dealkylation sites (tertiary alicyclic amines) is 1. The van der Waals surface area contributed by atoms with Crippen molar-refractivity contribution in [1.29, 1.82) is 0 Å². The molecule has 2 atom stereocenters. The molecule has 0 bridgehead atoms. The maximum atomic E-state index is 10.4. The summed E-state index contributed by atoms with van der Waals surface area (Å²) in [6, 6.07) is 9.34. The summed E-state index contributed by atoms with van der Waals surface area (Å²) in [4.78, 5) is 1.78. The number of β-amino-alcohol motifs (C(OH)–C–C–N with tert-alkyl or cyclic N) is 1. The minimum Gasteiger partial charge on any atom is -0.457 e. The second kappa shape index (κ2) is 3.93. The highest BCUT2D eigenvalue weighted by Gasteiger charge is 2.39. The molecule has 1 saturated heterocycles. The summed E-state index contributed by atoms with van der Waals surface area (Å²) in [6.45, 7) is 1.11. The molecule has 1 aliphatic heterocycles. The Morgan fingerprint density at radius 1 is 1.33 bits per heavy atom. The van der Waals surface area contributed by atoms with Gasteiger partial charge in [-0.15, -0.1) is 0 Å². The highest BCUT2D eigenvalue weighted by Crippen LogP contribution is 2.32. The summed E-state index contributed by atoms with van der Waals surface area (Å²) < 4.78 is 0. The second-order valence-electron chi connectivity index (χ2n) is 4.13. The van der Waals surface area contributed by atoms with E-state index in [0.29, 0.717) is 19.5 Å². The molecular weight excluding hydrogens is 190 g/mol. The van der Waals surface area contributed by atoms with Crippen molar-refractivity contribution >= 4 is 0 Å². The van der Waals surface area contributed by atoms with Crippen LogP contribution in [0.15, 0.2) is 30.3 Å². The van der Waals surface area contributed by atoms with Gasteiger partial charge in [0.05, 0.1) is 6.10 Å². The molecule has 1 aliphatic rings. The van der Waals surface area contributed by atoms with Crippen LogP contribution in [0.1, 0.15) is 12.0 Å². The van der Waals surface area contributed by atoms with Gasteiger partial charge in [0.25, 0.3) is 0 Å². The van der Waals surface area contributed by atoms with Gasteiger partial charge in [-0.25, -0.2) is 0 Å². The van der Waals surface area contributed by atoms with E-state index in [1.165, 1.54) is 0 Å². The van der Waals surface area contributed by atoms with Crippen LogP contribution in [0.3, 0.4) is 0 Å². The molecule has 15 heavy (non-hydrogen) atoms. The molecule has 0 amide bonds. The van der Waals surface area contributed by atoms with E-state index in [0.717, 1.165) is 5.56 Å². The maximum Gasteiger partial charge on any atom is 0.118 e. The molecule has 3 nitrogen and oxygen atoms in total. The average molecular weight is 206 g/mol. The summed E-state index contributed by atoms with van der Waals surface area (Å²) in [6.07, 6.45) is -0.257. The van der Waals surface area contributed by atoms with E-state index in [2.05, 4.69) is 7.05 Å². The maximum absolute atomic E-state index is 10.4. The van der Waals surface area contributed by atoms with Crippen molar-refractivity contribution in [2.24, 2.45) is 0 Å². The molecule has 2 rings (SSSR count). The Balaban J connectivity index is 2.27. The van der Waals surface area contributed by atoms with Crippen molar-refractivity contribution in [3.8, 4) is 0 Å². The molecular formula is C12H16NO2-. The van der Waals surface area contributed by atoms with Gasteiger partial charge in [-0.05, 0) is 25.1 Å². The fourth-order valence-electron chi connectivity index (χ4n) is 2.05. The minimum absolute atomic E-state index is 0.408. The lowest BCUT2D eigenvalue weighted by Gasteiger charge is -2.44. The smallest absolute Gasteiger partial charge is 0.118 e. The largest absolute Gasteiger partial charge is 0.457 e. The fraction of sp³-hybridized carbons (Fsp3) is 0.417. The Morgan fingerprint density at radius 2 is 2.00 bits per heavy atom. The van der Waals surface area contributed by atoms with E-state index in [-0.39, 0.29) is 0 Å². The molecule has 82 valence electrons. The molecule has 0 aliphatic carbocycles. The van der Waals surface area contributed by atoms with Gasteiger partial charge in [0, 0.05) is 0 Å². The lowest BCUT2D eigenvalue weighted by atomic mass is 9.82. The van der Waals surface area contributed by atoms with Crippen molar-refractivity contribution < 1.29 is 10.2 Å². The summed E-state index contributed by atoms with van der Waals surface area (Å²) in [5.74, 6) is 0. The van der Waals surface area contributed by atoms with Gasteiger partial charge < -0.3 is 15.1 Å². The molecule has 0 aromatic heterocycles. The summed E-state index contributed by atoms with van der Waals surface area (Å²) in [7, 11) is 3.77. The second-order valence-corrected chi connectivity index (χ2v) is 4.13. The van der Waals surface area contributed by atoms with Crippen LogP contribution in [0.25, 0.3) is 0 Å². The fourth-order valence-corrected chi connectivity index (χ4v) is 2.05. The normalized spacial score (nSPS) is 32.9. The van der Waals surface area contributed by atoms with E-state index in [1.807, 2.05) is 30.3 Å². The zero-order valence-electron chi connectivity index (χ0n) is 8.63. The molecule has 0 unspecified atom stereocenters. The molecule has 0 spiro atoms. The van der Waals surface area contributed by atoms with Gasteiger partial charge in [-0.1, -0.05) is 30.3 Å². The Morgan fingerprint density at radius 3 is 2.60 bits per heavy atom. The first kappa shape index (κ1) is 10.6. The quantitative estimate of drug-likeness (QED) is 0.666. The molecule has 1 fully saturated rings. The van der Waals surface area contributed by atoms with Crippen LogP contribution in [0.5, 0.6) is 0 Å². The Bertz CT molecular complexity index is 328. The summed E-state index contributed by atoms with van der Waals surface area (Å²) in [5.41, 5.74) is -0.333. The van der Waals surface area contributed by atoms with Gasteiger partial charge in [-0.3, -0.25) is 7.05 Å². The van der Waals surface area contributed by atoms with Gasteiger partial charge in [0.2, 0.25) is 0 Å². The first-order chi connectivity index (χ1) is 7.13. The van der Waals surface area contributed by atoms with E-state index >= 15 is 0 Å². The Hall–Kier alpha value is -0.900. The average Bonchev–Trinajstić information content (AvgIpc) is 2.25. The zero-order chi connectivity index (χ0) is 10.9. The molecule has 1 heterocycles. The number of aliphatic hydroxyl groups is 2. The standard InChI is InChI=1S/C12H16NO2/c1-13-8-7-12(15,11(14)9-13)10-5-3-2-4-6-10/h2-6,11,14-15H,1,7-9H2/q-1/t11-,12-/m0/s1. The van der Waals surface area contributed by atoms with Crippen molar-refractivity contribution in [1.82, 2.24) is 4.90 Å². The van der Waals surface area contributed by atoms with Crippen LogP contribution in [0.2, 0.25) is 0 Å². The predicted octanol–water partition coefficient (Wildman–Crippen LogP) is 0.732. The van der Waals surface area contributed by atoms with Gasteiger partial charge in [0.15, 0.2) is 0 Å². The van der Waals surface area contributed by atoms with E-state index in [1.54, 1.807) is 4.90 Å². The lowest BCUT2D eigenvalue weighted by molar-refractivity contribution is -0.118. The van der Waals surface area contributed by atoms with E-state index in [9.17, 15) is 10.2 Å². The molecule has 0 radical (unpaired) electrons. The van der Waals surface area contributed by atoms with Crippen LogP contribution in [-0.4, -0.2) is 34.3 Å². The Labute approximate surface area is 90.0 Å². The molecule has 0 saturated carbocycles. The predicted molar refractivity (Wildman–Crippen MR) is 57.9 cm³/mol. The van der Waals surface area contributed by atoms with Crippen molar-refractivity contribution in [3.63, 3.8) is 0 Å². The van der Waals surface area contributed by atoms with Crippen LogP contribution in [0, 0.1) is 7.05 Å². The Kier molecular flexibility index (Phi) is 2.78. The number of aliphatic hydroxyl groups excluding tert-OH is 1. The highest BCUT2D eigenvalue weighted by atomic mass is 16.3. The topological polar surface area (TPSA) is 43.7 Å². The lowest BCUT2D eigenvalue weighted by Crippen LogP contribution is -2.51. The number of hydrogen-bond donors (Lipinski definition) is 2. The SMILES string of the molecule is [CH2-]N1CC[C@](O)(c2ccccc2)[C@@H](O)C1. The van der Waals surface area contributed by atoms with Gasteiger partial charge in [-0.2, -0.15) is 0 Å². The molecule has 3 heteroatoms. The third-order valence-electron chi connectivity index (χ3n) is 3.07. The number of rotatable bonds is 1. The van der Waals surface area contributed by atoms with Crippen LogP contribution >= 0.6 is 0 Å². The third-order valence-corrected chi connectivity index (χ3v) is 3.07. The van der Waals surface area contributed by atoms with Crippen LogP contribution in [-0.2, 0) is 5.60 Å². The van der Waals surface area contributed by atoms with E-state index < -0.39 is 11.7 Å². The van der Waals surface area contributed by atoms with E-state index in [4.69, 9.17) is 0 Å². The van der Waals surface area contributed by atoms with Gasteiger partial charge in [0.1, 0.15) is 5.60 Å². The molecule has 1 aromatic rings. The summed E-state index contributed by atoms with van der Waals surface area (Å²) in [5, 5.41) is 20.3. The number of nitrogens with zero attached hydrogens (tertiary/aromatic N) is 1. The van der Waals surface area contributed by atoms with Crippen molar-refractivity contribution in [2.75, 3.05) is 13.1 Å². The number of hydrogen-bond acceptors (Lipinski definition) is 3. The summed E-state index contributed by atoms with van der Waals surface area (Å²) >= 11 is 0. The van der Waals surface area contributed by atoms with Crippen molar-refractivity contribution in [2.45, 2.75) is 18.1 Å². The third kappa shape index (κ3) is 1.91. The first-order valence-electron chi connectivity index (χ1n) is 5.14. The zero-order valence-corrected chi connectivity index (χ0v) is 8.63. The molecule has 2 N–H and O–H groups in total. The van der Waals surface area contributed by atoms with Crippen molar-refractivity contribution in [3.05, 3.63) is 42.9 Å². The van der Waals surface area contributed by atoms with Gasteiger partial charge >= 0.3 is 0 Å². The highest BCUT2D eigenvalue weighted by molar-refractivity contribution is 5.24. The minimum atomic E-state index is -1.12.